The Kier molecular flexibility index (Phi) is 4.60. The van der Waals surface area contributed by atoms with E-state index < -0.39 is 11.6 Å². The number of piperidine rings is 3. The fourth-order valence-corrected chi connectivity index (χ4v) is 5.77. The molecular formula is C23H26F2N2O. The van der Waals surface area contributed by atoms with Gasteiger partial charge in [-0.3, -0.25) is 9.80 Å². The Morgan fingerprint density at radius 1 is 1.00 bits per heavy atom. The first-order chi connectivity index (χ1) is 13.7. The lowest BCUT2D eigenvalue weighted by Gasteiger charge is -2.51. The van der Waals surface area contributed by atoms with Crippen molar-refractivity contribution in [3.63, 3.8) is 0 Å². The minimum atomic E-state index is -0.737. The topological polar surface area (TPSA) is 15.7 Å². The van der Waals surface area contributed by atoms with Crippen molar-refractivity contribution in [1.82, 2.24) is 9.80 Å². The maximum Gasteiger partial charge on any atom is 0.162 e. The third kappa shape index (κ3) is 2.92. The van der Waals surface area contributed by atoms with Gasteiger partial charge in [0.05, 0.1) is 7.11 Å². The van der Waals surface area contributed by atoms with Gasteiger partial charge in [0, 0.05) is 31.1 Å². The van der Waals surface area contributed by atoms with E-state index in [-0.39, 0.29) is 12.0 Å². The Hall–Kier alpha value is -1.98. The molecule has 0 spiro atoms. The van der Waals surface area contributed by atoms with Gasteiger partial charge in [-0.05, 0) is 61.2 Å². The summed E-state index contributed by atoms with van der Waals surface area (Å²) in [5.74, 6) is 0.112. The third-order valence-electron chi connectivity index (χ3n) is 7.02. The molecular weight excluding hydrogens is 358 g/mol. The highest BCUT2D eigenvalue weighted by atomic mass is 19.2. The van der Waals surface area contributed by atoms with Crippen LogP contribution in [0.4, 0.5) is 8.78 Å². The van der Waals surface area contributed by atoms with Crippen molar-refractivity contribution in [2.45, 2.75) is 37.4 Å². The first-order valence-electron chi connectivity index (χ1n) is 10.2. The van der Waals surface area contributed by atoms with Crippen molar-refractivity contribution < 1.29 is 13.5 Å². The van der Waals surface area contributed by atoms with E-state index in [0.717, 1.165) is 31.9 Å². The number of ether oxygens (including phenoxy) is 1. The van der Waals surface area contributed by atoms with E-state index in [2.05, 4.69) is 21.9 Å². The fourth-order valence-electron chi connectivity index (χ4n) is 5.77. The zero-order valence-corrected chi connectivity index (χ0v) is 16.2. The summed E-state index contributed by atoms with van der Waals surface area (Å²) < 4.78 is 33.9. The van der Waals surface area contributed by atoms with Crippen LogP contribution in [0.25, 0.3) is 0 Å². The van der Waals surface area contributed by atoms with Crippen LogP contribution in [0.2, 0.25) is 0 Å². The second kappa shape index (κ2) is 7.12. The summed E-state index contributed by atoms with van der Waals surface area (Å²) in [5.41, 5.74) is 1.77. The van der Waals surface area contributed by atoms with Crippen molar-refractivity contribution in [2.75, 3.05) is 26.7 Å². The van der Waals surface area contributed by atoms with Crippen LogP contribution in [0.3, 0.4) is 0 Å². The smallest absolute Gasteiger partial charge is 0.162 e. The van der Waals surface area contributed by atoms with Gasteiger partial charge >= 0.3 is 0 Å². The summed E-state index contributed by atoms with van der Waals surface area (Å²) >= 11 is 0. The second-order valence-corrected chi connectivity index (χ2v) is 8.38. The summed E-state index contributed by atoms with van der Waals surface area (Å²) in [5, 5.41) is 0. The van der Waals surface area contributed by atoms with Crippen LogP contribution in [0.15, 0.2) is 42.5 Å². The third-order valence-corrected chi connectivity index (χ3v) is 7.02. The molecule has 4 saturated heterocycles. The van der Waals surface area contributed by atoms with E-state index >= 15 is 0 Å². The Labute approximate surface area is 164 Å². The monoisotopic (exact) mass is 384 g/mol. The number of hydrogen-bond donors (Lipinski definition) is 0. The molecule has 0 aliphatic carbocycles. The molecule has 4 fully saturated rings. The van der Waals surface area contributed by atoms with Crippen molar-refractivity contribution in [3.05, 3.63) is 65.2 Å². The normalized spacial score (nSPS) is 31.8. The molecule has 4 heterocycles. The zero-order valence-electron chi connectivity index (χ0n) is 16.2. The maximum absolute atomic E-state index is 14.7. The molecule has 6 rings (SSSR count). The largest absolute Gasteiger partial charge is 0.497 e. The number of nitrogens with zero attached hydrogens (tertiary/aromatic N) is 2. The molecule has 4 aliphatic heterocycles. The molecule has 0 N–H and O–H groups in total. The second-order valence-electron chi connectivity index (χ2n) is 8.38. The summed E-state index contributed by atoms with van der Waals surface area (Å²) in [4.78, 5) is 5.03. The van der Waals surface area contributed by atoms with E-state index in [9.17, 15) is 8.78 Å². The number of hydrogen-bond acceptors (Lipinski definition) is 3. The van der Waals surface area contributed by atoms with Crippen LogP contribution in [-0.2, 0) is 6.54 Å². The van der Waals surface area contributed by atoms with Gasteiger partial charge in [-0.1, -0.05) is 24.3 Å². The molecule has 4 aliphatic rings. The van der Waals surface area contributed by atoms with Crippen LogP contribution in [0.5, 0.6) is 5.75 Å². The van der Waals surface area contributed by atoms with Gasteiger partial charge in [0.25, 0.3) is 0 Å². The average molecular weight is 384 g/mol. The SMILES string of the molecule is COc1ccc(CN2C[C@@H](c3cccc(F)c3F)[C@@H]3[C@H]2C2CCN3CC2)cc1. The number of fused-ring (bicyclic) bond motifs is 2. The molecule has 0 aromatic heterocycles. The lowest BCUT2D eigenvalue weighted by molar-refractivity contribution is -0.00888. The first kappa shape index (κ1) is 18.1. The molecule has 2 bridgehead atoms. The fraction of sp³-hybridized carbons (Fsp3) is 0.478. The van der Waals surface area contributed by atoms with Crippen LogP contribution >= 0.6 is 0 Å². The number of rotatable bonds is 4. The molecule has 0 radical (unpaired) electrons. The number of halogens is 2. The number of methoxy groups -OCH3 is 1. The van der Waals surface area contributed by atoms with Crippen LogP contribution in [0.1, 0.15) is 29.9 Å². The zero-order chi connectivity index (χ0) is 19.3. The van der Waals surface area contributed by atoms with Crippen molar-refractivity contribution in [1.29, 1.82) is 0 Å². The van der Waals surface area contributed by atoms with E-state index in [1.54, 1.807) is 19.2 Å². The van der Waals surface area contributed by atoms with Crippen molar-refractivity contribution in [2.24, 2.45) is 5.92 Å². The van der Waals surface area contributed by atoms with Gasteiger partial charge in [-0.2, -0.15) is 0 Å². The Balaban J connectivity index is 1.47. The summed E-state index contributed by atoms with van der Waals surface area (Å²) in [6, 6.07) is 13.5. The van der Waals surface area contributed by atoms with Gasteiger partial charge < -0.3 is 4.74 Å². The Morgan fingerprint density at radius 3 is 2.46 bits per heavy atom. The molecule has 2 aromatic rings. The van der Waals surface area contributed by atoms with Crippen molar-refractivity contribution in [3.8, 4) is 5.75 Å². The quantitative estimate of drug-likeness (QED) is 0.791. The Morgan fingerprint density at radius 2 is 1.75 bits per heavy atom. The summed E-state index contributed by atoms with van der Waals surface area (Å²) in [7, 11) is 1.67. The van der Waals surface area contributed by atoms with Gasteiger partial charge in [0.15, 0.2) is 11.6 Å². The van der Waals surface area contributed by atoms with Crippen LogP contribution < -0.4 is 4.74 Å². The molecule has 2 aromatic carbocycles. The molecule has 148 valence electrons. The summed E-state index contributed by atoms with van der Waals surface area (Å²) in [6.07, 6.45) is 2.41. The van der Waals surface area contributed by atoms with Crippen LogP contribution in [0, 0.1) is 17.6 Å². The standard InChI is InChI=1S/C23H26F2N2O/c1-28-17-7-5-15(6-8-17)13-27-14-19(18-3-2-4-20(24)21(18)25)23-22(27)16-9-11-26(23)12-10-16/h2-8,16,19,22-23H,9-14H2,1H3/t19-,22+,23+/m0/s1. The molecule has 3 atom stereocenters. The highest BCUT2D eigenvalue weighted by molar-refractivity contribution is 5.31. The van der Waals surface area contributed by atoms with E-state index in [4.69, 9.17) is 4.74 Å². The van der Waals surface area contributed by atoms with Gasteiger partial charge in [-0.25, -0.2) is 8.78 Å². The first-order valence-corrected chi connectivity index (χ1v) is 10.2. The predicted octanol–water partition coefficient (Wildman–Crippen LogP) is 4.04. The minimum absolute atomic E-state index is 0.0158. The van der Waals surface area contributed by atoms with E-state index in [1.807, 2.05) is 12.1 Å². The average Bonchev–Trinajstić information content (AvgIpc) is 3.13. The minimum Gasteiger partial charge on any atom is -0.497 e. The molecule has 3 nitrogen and oxygen atoms in total. The lowest BCUT2D eigenvalue weighted by atomic mass is 9.75. The van der Waals surface area contributed by atoms with Crippen LogP contribution in [-0.4, -0.2) is 48.6 Å². The van der Waals surface area contributed by atoms with Gasteiger partial charge in [-0.15, -0.1) is 0 Å². The van der Waals surface area contributed by atoms with Crippen molar-refractivity contribution >= 4 is 0 Å². The Bertz CT molecular complexity index is 848. The highest BCUT2D eigenvalue weighted by Gasteiger charge is 2.53. The van der Waals surface area contributed by atoms with Gasteiger partial charge in [0.1, 0.15) is 5.75 Å². The molecule has 5 heteroatoms. The molecule has 0 amide bonds. The molecule has 0 saturated carbocycles. The molecule has 28 heavy (non-hydrogen) atoms. The number of likely N-dealkylation sites (tertiary alicyclic amines) is 1. The van der Waals surface area contributed by atoms with Gasteiger partial charge in [0.2, 0.25) is 0 Å². The predicted molar refractivity (Wildman–Crippen MR) is 104 cm³/mol. The van der Waals surface area contributed by atoms with E-state index in [1.165, 1.54) is 24.5 Å². The lowest BCUT2D eigenvalue weighted by Crippen LogP contribution is -2.60. The highest BCUT2D eigenvalue weighted by Crippen LogP contribution is 2.47. The number of benzene rings is 2. The summed E-state index contributed by atoms with van der Waals surface area (Å²) in [6.45, 7) is 3.77. The molecule has 0 unspecified atom stereocenters. The maximum atomic E-state index is 14.7. The van der Waals surface area contributed by atoms with E-state index in [0.29, 0.717) is 17.5 Å².